The molecule has 178 valence electrons. The lowest BCUT2D eigenvalue weighted by Crippen LogP contribution is -2.23. The van der Waals surface area contributed by atoms with E-state index in [0.29, 0.717) is 22.6 Å². The Kier molecular flexibility index (Phi) is 4.70. The molecular weight excluding hydrogens is 456 g/mol. The van der Waals surface area contributed by atoms with Gasteiger partial charge in [-0.15, -0.1) is 0 Å². The van der Waals surface area contributed by atoms with E-state index in [2.05, 4.69) is 25.4 Å². The zero-order valence-electron chi connectivity index (χ0n) is 18.4. The minimum Gasteiger partial charge on any atom is -0.384 e. The first-order valence-electron chi connectivity index (χ1n) is 11.3. The van der Waals surface area contributed by atoms with Crippen LogP contribution in [0.3, 0.4) is 0 Å². The van der Waals surface area contributed by atoms with E-state index in [9.17, 15) is 18.4 Å². The molecule has 3 heterocycles. The van der Waals surface area contributed by atoms with Crippen molar-refractivity contribution in [3.8, 4) is 11.3 Å². The minimum atomic E-state index is -2.60. The lowest BCUT2D eigenvalue weighted by atomic mass is 10.0. The van der Waals surface area contributed by atoms with E-state index in [4.69, 9.17) is 5.41 Å². The van der Waals surface area contributed by atoms with Crippen LogP contribution >= 0.6 is 0 Å². The Morgan fingerprint density at radius 3 is 2.83 bits per heavy atom. The number of aromatic nitrogens is 5. The molecule has 3 aromatic heterocycles. The number of anilines is 1. The number of hydrogen-bond donors (Lipinski definition) is 4. The first-order valence-corrected chi connectivity index (χ1v) is 11.3. The lowest BCUT2D eigenvalue weighted by Gasteiger charge is -2.12. The third-order valence-corrected chi connectivity index (χ3v) is 6.83. The van der Waals surface area contributed by atoms with Crippen molar-refractivity contribution in [1.29, 1.82) is 5.41 Å². The van der Waals surface area contributed by atoms with E-state index in [0.717, 1.165) is 17.5 Å². The molecule has 1 aromatic carbocycles. The van der Waals surface area contributed by atoms with Gasteiger partial charge in [-0.1, -0.05) is 12.1 Å². The molecule has 0 radical (unpaired) electrons. The Morgan fingerprint density at radius 1 is 1.26 bits per heavy atom. The number of halogens is 2. The second-order valence-corrected chi connectivity index (χ2v) is 9.15. The zero-order chi connectivity index (χ0) is 24.3. The van der Waals surface area contributed by atoms with Crippen molar-refractivity contribution in [1.82, 2.24) is 24.6 Å². The SMILES string of the molecule is N=Cc1ccc([C@H]2C[C@@H]2c2cc(-c3c[nH]c(=O)[nH]c3=O)nn3ccnc23)cc1NCC1CC1(F)F. The van der Waals surface area contributed by atoms with Gasteiger partial charge in [0, 0.05) is 60.5 Å². The van der Waals surface area contributed by atoms with Crippen LogP contribution in [0.1, 0.15) is 41.4 Å². The van der Waals surface area contributed by atoms with Crippen LogP contribution in [0.5, 0.6) is 0 Å². The van der Waals surface area contributed by atoms with Crippen LogP contribution in [0.2, 0.25) is 0 Å². The fraction of sp³-hybridized carbons (Fsp3) is 0.292. The largest absolute Gasteiger partial charge is 0.384 e. The first kappa shape index (κ1) is 21.4. The summed E-state index contributed by atoms with van der Waals surface area (Å²) in [4.78, 5) is 32.9. The Hall–Kier alpha value is -4.15. The first-order chi connectivity index (χ1) is 16.8. The number of aromatic amines is 2. The van der Waals surface area contributed by atoms with Crippen LogP contribution in [0.4, 0.5) is 14.5 Å². The van der Waals surface area contributed by atoms with Crippen molar-refractivity contribution < 1.29 is 8.78 Å². The number of nitrogens with zero attached hydrogens (tertiary/aromatic N) is 3. The Balaban J connectivity index is 1.31. The number of fused-ring (bicyclic) bond motifs is 1. The Bertz CT molecular complexity index is 1590. The van der Waals surface area contributed by atoms with Crippen LogP contribution in [0, 0.1) is 11.3 Å². The maximum absolute atomic E-state index is 13.3. The number of nitrogens with one attached hydrogen (secondary N) is 4. The standard InChI is InChI=1S/C24H21F2N7O2/c25-24(26)8-14(24)10-29-19-5-12(1-2-13(19)9-27)15-6-16(15)17-7-20(32-33-4-3-28-21(17)33)18-11-30-23(35)31-22(18)34/h1-5,7,9,11,14-16,27,29H,6,8,10H2,(H2,30,31,34,35)/t14?,15-,16+/m1/s1. The van der Waals surface area contributed by atoms with Crippen LogP contribution in [-0.2, 0) is 0 Å². The smallest absolute Gasteiger partial charge is 0.325 e. The van der Waals surface area contributed by atoms with E-state index >= 15 is 0 Å². The van der Waals surface area contributed by atoms with Crippen LogP contribution in [-0.4, -0.2) is 43.2 Å². The molecule has 0 aliphatic heterocycles. The molecule has 2 aliphatic carbocycles. The fourth-order valence-electron chi connectivity index (χ4n) is 4.66. The molecule has 1 unspecified atom stereocenters. The van der Waals surface area contributed by atoms with Gasteiger partial charge in [0.25, 0.3) is 11.5 Å². The van der Waals surface area contributed by atoms with Gasteiger partial charge in [-0.2, -0.15) is 5.10 Å². The molecule has 0 saturated heterocycles. The Labute approximate surface area is 196 Å². The summed E-state index contributed by atoms with van der Waals surface area (Å²) in [7, 11) is 0. The summed E-state index contributed by atoms with van der Waals surface area (Å²) in [5.74, 6) is -2.98. The van der Waals surface area contributed by atoms with Gasteiger partial charge in [0.05, 0.1) is 11.3 Å². The monoisotopic (exact) mass is 477 g/mol. The van der Waals surface area contributed by atoms with E-state index in [1.54, 1.807) is 16.9 Å². The summed E-state index contributed by atoms with van der Waals surface area (Å²) in [6, 6.07) is 7.55. The van der Waals surface area contributed by atoms with Crippen molar-refractivity contribution >= 4 is 17.5 Å². The molecule has 4 aromatic rings. The molecule has 0 amide bonds. The van der Waals surface area contributed by atoms with Crippen molar-refractivity contribution in [2.45, 2.75) is 30.6 Å². The number of hydrogen-bond acceptors (Lipinski definition) is 6. The number of H-pyrrole nitrogens is 2. The maximum atomic E-state index is 13.3. The van der Waals surface area contributed by atoms with Crippen LogP contribution in [0.15, 0.2) is 52.4 Å². The predicted octanol–water partition coefficient (Wildman–Crippen LogP) is 3.11. The van der Waals surface area contributed by atoms with E-state index in [1.165, 1.54) is 12.4 Å². The molecule has 35 heavy (non-hydrogen) atoms. The average Bonchev–Trinajstić information content (AvgIpc) is 3.68. The Morgan fingerprint density at radius 2 is 2.09 bits per heavy atom. The molecule has 3 atom stereocenters. The van der Waals surface area contributed by atoms with E-state index < -0.39 is 23.1 Å². The third kappa shape index (κ3) is 3.82. The molecule has 4 N–H and O–H groups in total. The number of imidazole rings is 1. The van der Waals surface area contributed by atoms with E-state index in [-0.39, 0.29) is 30.4 Å². The average molecular weight is 477 g/mol. The molecule has 2 fully saturated rings. The quantitative estimate of drug-likeness (QED) is 0.304. The van der Waals surface area contributed by atoms with Crippen LogP contribution in [0.25, 0.3) is 16.9 Å². The van der Waals surface area contributed by atoms with Gasteiger partial charge in [-0.25, -0.2) is 23.1 Å². The summed E-state index contributed by atoms with van der Waals surface area (Å²) >= 11 is 0. The number of alkyl halides is 2. The van der Waals surface area contributed by atoms with Crippen molar-refractivity contribution in [2.75, 3.05) is 11.9 Å². The highest BCUT2D eigenvalue weighted by molar-refractivity contribution is 5.86. The third-order valence-electron chi connectivity index (χ3n) is 6.83. The summed E-state index contributed by atoms with van der Waals surface area (Å²) in [6.07, 6.45) is 6.64. The molecule has 11 heteroatoms. The molecule has 6 rings (SSSR count). The summed E-state index contributed by atoms with van der Waals surface area (Å²) in [5.41, 5.74) is 3.52. The van der Waals surface area contributed by atoms with Crippen LogP contribution < -0.4 is 16.6 Å². The zero-order valence-corrected chi connectivity index (χ0v) is 18.4. The van der Waals surface area contributed by atoms with Gasteiger partial charge >= 0.3 is 5.69 Å². The number of benzene rings is 1. The van der Waals surface area contributed by atoms with Gasteiger partial charge in [0.2, 0.25) is 0 Å². The van der Waals surface area contributed by atoms with Crippen molar-refractivity contribution in [2.24, 2.45) is 5.92 Å². The normalized spacial score (nSPS) is 22.2. The van der Waals surface area contributed by atoms with Crippen molar-refractivity contribution in [3.63, 3.8) is 0 Å². The molecule has 2 aliphatic rings. The van der Waals surface area contributed by atoms with Gasteiger partial charge in [-0.05, 0) is 36.0 Å². The molecular formula is C24H21F2N7O2. The molecule has 0 spiro atoms. The predicted molar refractivity (Wildman–Crippen MR) is 126 cm³/mol. The molecule has 0 bridgehead atoms. The molecule has 2 saturated carbocycles. The fourth-order valence-corrected chi connectivity index (χ4v) is 4.66. The van der Waals surface area contributed by atoms with Gasteiger partial charge in [0.1, 0.15) is 0 Å². The molecule has 9 nitrogen and oxygen atoms in total. The summed E-state index contributed by atoms with van der Waals surface area (Å²) in [6.45, 7) is 0.168. The van der Waals surface area contributed by atoms with Gasteiger partial charge in [0.15, 0.2) is 5.65 Å². The highest BCUT2D eigenvalue weighted by atomic mass is 19.3. The highest BCUT2D eigenvalue weighted by Gasteiger charge is 2.56. The topological polar surface area (TPSA) is 132 Å². The number of rotatable bonds is 7. The maximum Gasteiger partial charge on any atom is 0.325 e. The summed E-state index contributed by atoms with van der Waals surface area (Å²) < 4.78 is 28.2. The van der Waals surface area contributed by atoms with Gasteiger partial charge in [-0.3, -0.25) is 9.78 Å². The van der Waals surface area contributed by atoms with E-state index in [1.807, 2.05) is 24.3 Å². The lowest BCUT2D eigenvalue weighted by molar-refractivity contribution is 0.101. The highest BCUT2D eigenvalue weighted by Crippen LogP contribution is 2.56. The van der Waals surface area contributed by atoms with Gasteiger partial charge < -0.3 is 15.7 Å². The minimum absolute atomic E-state index is 0.104. The second kappa shape index (κ2) is 7.69. The summed E-state index contributed by atoms with van der Waals surface area (Å²) in [5, 5.41) is 15.2. The van der Waals surface area contributed by atoms with Crippen molar-refractivity contribution in [3.05, 3.63) is 80.4 Å². The second-order valence-electron chi connectivity index (χ2n) is 9.15.